The molecule has 2 heteroatoms. The normalized spacial score (nSPS) is 16.1. The fourth-order valence-electron chi connectivity index (χ4n) is 7.46. The second-order valence-electron chi connectivity index (χ2n) is 14.4. The van der Waals surface area contributed by atoms with Gasteiger partial charge in [-0.3, -0.25) is 0 Å². The van der Waals surface area contributed by atoms with Crippen LogP contribution in [0.1, 0.15) is 145 Å². The van der Waals surface area contributed by atoms with Gasteiger partial charge in [0.25, 0.3) is 0 Å². The van der Waals surface area contributed by atoms with Crippen LogP contribution in [0, 0.1) is 30.2 Å². The van der Waals surface area contributed by atoms with Crippen molar-refractivity contribution in [2.75, 3.05) is 13.1 Å². The van der Waals surface area contributed by atoms with E-state index < -0.39 is 0 Å². The summed E-state index contributed by atoms with van der Waals surface area (Å²) in [5, 5.41) is 3.72. The molecule has 1 aliphatic heterocycles. The zero-order chi connectivity index (χ0) is 35.7. The summed E-state index contributed by atoms with van der Waals surface area (Å²) < 4.78 is 0. The Morgan fingerprint density at radius 2 is 1.22 bits per heavy atom. The molecule has 270 valence electrons. The average molecular weight is 665 g/mol. The van der Waals surface area contributed by atoms with Gasteiger partial charge in [-0.2, -0.15) is 0 Å². The predicted octanol–water partition coefficient (Wildman–Crippen LogP) is 11.9. The molecule has 0 radical (unpaired) electrons. The molecule has 3 N–H and O–H groups in total. The number of hydrogen-bond acceptors (Lipinski definition) is 2. The third-order valence-electron chi connectivity index (χ3n) is 10.8. The quantitative estimate of drug-likeness (QED) is 0.0760. The lowest BCUT2D eigenvalue weighted by Crippen LogP contribution is -2.35. The Hall–Kier alpha value is -3.02. The zero-order valence-electron chi connectivity index (χ0n) is 32.4. The maximum absolute atomic E-state index is 4.38. The molecule has 0 saturated carbocycles. The number of benzene rings is 3. The Bertz CT molecular complexity index is 1280. The van der Waals surface area contributed by atoms with Gasteiger partial charge in [-0.15, -0.1) is 0 Å². The lowest BCUT2D eigenvalue weighted by molar-refractivity contribution is 0.301. The van der Waals surface area contributed by atoms with Crippen molar-refractivity contribution in [3.05, 3.63) is 106 Å². The van der Waals surface area contributed by atoms with Gasteiger partial charge in [0.15, 0.2) is 0 Å². The van der Waals surface area contributed by atoms with Crippen LogP contribution in [0.15, 0.2) is 72.8 Å². The molecule has 1 saturated heterocycles. The minimum absolute atomic E-state index is 0.714. The van der Waals surface area contributed by atoms with Crippen LogP contribution in [0.2, 0.25) is 0 Å². The van der Waals surface area contributed by atoms with Crippen molar-refractivity contribution in [2.45, 2.75) is 144 Å². The van der Waals surface area contributed by atoms with Gasteiger partial charge < -0.3 is 11.1 Å². The first-order valence-electron chi connectivity index (χ1n) is 20.1. The summed E-state index contributed by atoms with van der Waals surface area (Å²) >= 11 is 0. The number of aryl methyl sites for hydroxylation is 5. The lowest BCUT2D eigenvalue weighted by Gasteiger charge is -2.33. The van der Waals surface area contributed by atoms with E-state index >= 15 is 0 Å². The number of unbranched alkanes of at least 4 members (excludes halogenated alkanes) is 4. The average Bonchev–Trinajstić information content (AvgIpc) is 3.14. The molecule has 0 bridgehead atoms. The third-order valence-corrected chi connectivity index (χ3v) is 10.8. The van der Waals surface area contributed by atoms with E-state index in [-0.39, 0.29) is 0 Å². The molecule has 3 atom stereocenters. The van der Waals surface area contributed by atoms with Crippen molar-refractivity contribution in [3.8, 4) is 12.5 Å². The van der Waals surface area contributed by atoms with E-state index in [9.17, 15) is 0 Å². The molecule has 0 spiro atoms. The summed E-state index contributed by atoms with van der Waals surface area (Å²) in [4.78, 5) is 0. The Kier molecular flexibility index (Phi) is 22.3. The van der Waals surface area contributed by atoms with Crippen LogP contribution in [0.5, 0.6) is 0 Å². The van der Waals surface area contributed by atoms with Crippen LogP contribution in [0.25, 0.3) is 0 Å². The number of rotatable bonds is 19. The SMILES string of the molecule is C#CN.CC.CCc1ccccc1CCCCCCc1ccc(C2CCNCC2CCCCc2ccccc2CCCC(C)C(C)C)cc1. The van der Waals surface area contributed by atoms with Gasteiger partial charge in [-0.05, 0) is 147 Å². The van der Waals surface area contributed by atoms with Gasteiger partial charge in [-0.25, -0.2) is 0 Å². The molecule has 0 amide bonds. The van der Waals surface area contributed by atoms with E-state index in [1.165, 1.54) is 108 Å². The molecule has 1 heterocycles. The van der Waals surface area contributed by atoms with Crippen LogP contribution >= 0.6 is 0 Å². The molecule has 1 aliphatic rings. The van der Waals surface area contributed by atoms with Gasteiger partial charge in [0, 0.05) is 0 Å². The first-order chi connectivity index (χ1) is 24.0. The highest BCUT2D eigenvalue weighted by molar-refractivity contribution is 5.29. The lowest BCUT2D eigenvalue weighted by atomic mass is 9.78. The summed E-state index contributed by atoms with van der Waals surface area (Å²) in [5.41, 5.74) is 13.8. The smallest absolute Gasteiger partial charge is 0.00147 e. The summed E-state index contributed by atoms with van der Waals surface area (Å²) in [6.45, 7) is 15.7. The Balaban J connectivity index is 0.00000158. The molecule has 3 aromatic carbocycles. The van der Waals surface area contributed by atoms with Gasteiger partial charge in [0.2, 0.25) is 0 Å². The third kappa shape index (κ3) is 16.0. The van der Waals surface area contributed by atoms with Crippen molar-refractivity contribution >= 4 is 0 Å². The van der Waals surface area contributed by atoms with Crippen molar-refractivity contribution in [3.63, 3.8) is 0 Å². The number of terminal acetylenes is 1. The fraction of sp³-hybridized carbons (Fsp3) is 0.574. The van der Waals surface area contributed by atoms with Gasteiger partial charge in [0.1, 0.15) is 0 Å². The van der Waals surface area contributed by atoms with E-state index in [2.05, 4.69) is 118 Å². The first kappa shape index (κ1) is 42.1. The molecule has 49 heavy (non-hydrogen) atoms. The molecule has 3 aromatic rings. The summed E-state index contributed by atoms with van der Waals surface area (Å²) in [6, 6.07) is 29.8. The van der Waals surface area contributed by atoms with Crippen molar-refractivity contribution in [2.24, 2.45) is 23.5 Å². The monoisotopic (exact) mass is 665 g/mol. The van der Waals surface area contributed by atoms with Crippen molar-refractivity contribution < 1.29 is 0 Å². The molecule has 3 unspecified atom stereocenters. The van der Waals surface area contributed by atoms with Crippen LogP contribution in [-0.4, -0.2) is 13.1 Å². The predicted molar refractivity (Wildman–Crippen MR) is 217 cm³/mol. The summed E-state index contributed by atoms with van der Waals surface area (Å²) in [7, 11) is 0. The topological polar surface area (TPSA) is 38.0 Å². The Morgan fingerprint density at radius 3 is 1.80 bits per heavy atom. The Morgan fingerprint density at radius 1 is 0.714 bits per heavy atom. The summed E-state index contributed by atoms with van der Waals surface area (Å²) in [5.74, 6) is 3.10. The van der Waals surface area contributed by atoms with E-state index in [0.717, 1.165) is 30.7 Å². The van der Waals surface area contributed by atoms with Gasteiger partial charge in [0.05, 0.1) is 0 Å². The van der Waals surface area contributed by atoms with E-state index in [1.54, 1.807) is 28.3 Å². The number of nitrogens with one attached hydrogen (secondary N) is 1. The highest BCUT2D eigenvalue weighted by Gasteiger charge is 2.26. The van der Waals surface area contributed by atoms with Crippen molar-refractivity contribution in [1.82, 2.24) is 5.32 Å². The molecule has 0 aromatic heterocycles. The van der Waals surface area contributed by atoms with Crippen molar-refractivity contribution in [1.29, 1.82) is 0 Å². The maximum atomic E-state index is 4.38. The standard InChI is InChI=1S/C43H63N.C2H3N.C2H6/c1-5-37-19-10-11-21-38(37)20-9-7-6-8-18-36-27-29-41(30-28-36)43-31-32-44-33-42(43)25-15-14-23-39-22-12-13-24-40(39)26-16-17-35(4)34(2)3;1-2-3;1-2/h10-13,19,21-22,24,27-30,34-35,42-44H,5-9,14-18,20,23,25-26,31-33H2,1-4H3;1H,3H2;1-2H3. The highest BCUT2D eigenvalue weighted by Crippen LogP contribution is 2.34. The second-order valence-corrected chi connectivity index (χ2v) is 14.4. The first-order valence-corrected chi connectivity index (χ1v) is 20.1. The van der Waals surface area contributed by atoms with Gasteiger partial charge in [-0.1, -0.05) is 146 Å². The van der Waals surface area contributed by atoms with Gasteiger partial charge >= 0.3 is 0 Å². The molecular weight excluding hydrogens is 593 g/mol. The Labute approximate surface area is 303 Å². The van der Waals surface area contributed by atoms with Crippen LogP contribution < -0.4 is 11.1 Å². The van der Waals surface area contributed by atoms with E-state index in [0.29, 0.717) is 5.92 Å². The van der Waals surface area contributed by atoms with E-state index in [1.807, 2.05) is 13.8 Å². The highest BCUT2D eigenvalue weighted by atomic mass is 14.9. The largest absolute Gasteiger partial charge is 0.360 e. The van der Waals surface area contributed by atoms with E-state index in [4.69, 9.17) is 0 Å². The molecular formula is C47H72N2. The fourth-order valence-corrected chi connectivity index (χ4v) is 7.46. The minimum Gasteiger partial charge on any atom is -0.360 e. The molecule has 1 fully saturated rings. The zero-order valence-corrected chi connectivity index (χ0v) is 32.4. The molecule has 2 nitrogen and oxygen atoms in total. The number of piperidine rings is 1. The van der Waals surface area contributed by atoms with Crippen LogP contribution in [-0.2, 0) is 32.1 Å². The summed E-state index contributed by atoms with van der Waals surface area (Å²) in [6.07, 6.45) is 23.7. The maximum Gasteiger partial charge on any atom is -0.00147 e. The number of hydrogen-bond donors (Lipinski definition) is 2. The van der Waals surface area contributed by atoms with Crippen LogP contribution in [0.3, 0.4) is 0 Å². The second kappa shape index (κ2) is 25.9. The number of nitrogens with two attached hydrogens (primary N) is 1. The van der Waals surface area contributed by atoms with Crippen LogP contribution in [0.4, 0.5) is 0 Å². The minimum atomic E-state index is 0.714. The molecule has 4 rings (SSSR count). The molecule has 0 aliphatic carbocycles.